The molecule has 76 heavy (non-hydrogen) atoms. The fourth-order valence-electron chi connectivity index (χ4n) is 10.4. The maximum Gasteiger partial charge on any atom is 0.217 e. The van der Waals surface area contributed by atoms with E-state index in [1.54, 1.807) is 30.5 Å². The lowest BCUT2D eigenvalue weighted by atomic mass is 9.74. The van der Waals surface area contributed by atoms with Gasteiger partial charge in [-0.3, -0.25) is 19.4 Å². The van der Waals surface area contributed by atoms with Gasteiger partial charge in [0.05, 0.1) is 24.4 Å². The fourth-order valence-corrected chi connectivity index (χ4v) is 10.4. The number of allylic oxidation sites excluding steroid dienone is 11. The first-order chi connectivity index (χ1) is 35.7. The molecule has 420 valence electrons. The predicted molar refractivity (Wildman–Crippen MR) is 316 cm³/mol. The highest BCUT2D eigenvalue weighted by molar-refractivity contribution is 5.91. The summed E-state index contributed by atoms with van der Waals surface area (Å²) >= 11 is 0. The molecule has 2 amide bonds. The number of hydrogen-bond donors (Lipinski definition) is 6. The lowest BCUT2D eigenvalue weighted by Crippen LogP contribution is -2.36. The molecule has 8 N–H and O–H groups in total. The summed E-state index contributed by atoms with van der Waals surface area (Å²) in [5, 5.41) is 44.1. The number of benzene rings is 1. The number of hydrogen-bond acceptors (Lipinski definition) is 8. The molecule has 0 saturated carbocycles. The van der Waals surface area contributed by atoms with Crippen LogP contribution in [-0.2, 0) is 27.2 Å². The van der Waals surface area contributed by atoms with Gasteiger partial charge in [-0.1, -0.05) is 203 Å². The Bertz CT molecular complexity index is 2090. The minimum Gasteiger partial charge on any atom is -0.393 e. The molecule has 1 aromatic heterocycles. The predicted octanol–water partition coefficient (Wildman–Crippen LogP) is 12.0. The van der Waals surface area contributed by atoms with E-state index in [1.807, 2.05) is 174 Å². The van der Waals surface area contributed by atoms with E-state index in [9.17, 15) is 34.8 Å². The largest absolute Gasteiger partial charge is 0.393 e. The molecule has 0 spiro atoms. The molecule has 1 heterocycles. The Morgan fingerprint density at radius 1 is 0.539 bits per heavy atom. The lowest BCUT2D eigenvalue weighted by molar-refractivity contribution is -0.121. The Hall–Kier alpha value is -5.52. The van der Waals surface area contributed by atoms with Gasteiger partial charge in [0.25, 0.3) is 0 Å². The van der Waals surface area contributed by atoms with Crippen molar-refractivity contribution < 1.29 is 34.8 Å². The van der Waals surface area contributed by atoms with Crippen LogP contribution in [0.4, 0.5) is 0 Å². The third kappa shape index (κ3) is 26.5. The molecule has 16 unspecified atom stereocenters. The standard InChI is InChI=1S/C33H50N2O3.C33H49NO4/c1-9-10-13-24(4)30(21-31(34)36)28(8)33(38)27(7)19-23(3)18-26(6)32(37)25(5)16-15-22(2)20-29-14-11-12-17-35-29;1-8-9-13-23(3)30(21-31(34)36)27(7)33(38)26(6)19-22(2)18-25(5)32(37)24(4)16-17-29(35)20-28-14-11-10-12-15-28/h9-18,24-28,30,32-33,37-38H,1-2,19-21H2,3-8H3,(H2,34,36);8-18,23-27,30,32-33,37-38H,1,19-21H2,2-7H3,(H2,34,36)/b13-10-,16-15-,23-18-;13-9-,17-16-,22-18-. The number of nitrogens with zero attached hydrogens (tertiary/aromatic N) is 1. The van der Waals surface area contributed by atoms with E-state index in [1.165, 1.54) is 0 Å². The Kier molecular flexibility index (Phi) is 32.9. The van der Waals surface area contributed by atoms with Gasteiger partial charge in [0.2, 0.25) is 11.8 Å². The quantitative estimate of drug-likeness (QED) is 0.0226. The Morgan fingerprint density at radius 2 is 0.961 bits per heavy atom. The first kappa shape index (κ1) is 68.5. The third-order valence-electron chi connectivity index (χ3n) is 15.0. The van der Waals surface area contributed by atoms with Crippen molar-refractivity contribution in [3.8, 4) is 0 Å². The van der Waals surface area contributed by atoms with Crippen LogP contribution in [-0.4, -0.2) is 67.4 Å². The number of amides is 2. The highest BCUT2D eigenvalue weighted by atomic mass is 16.3. The summed E-state index contributed by atoms with van der Waals surface area (Å²) in [6.07, 6.45) is 24.8. The zero-order chi connectivity index (χ0) is 57.7. The lowest BCUT2D eigenvalue weighted by Gasteiger charge is -2.34. The smallest absolute Gasteiger partial charge is 0.217 e. The van der Waals surface area contributed by atoms with Crippen molar-refractivity contribution in [2.24, 2.45) is 82.5 Å². The second-order valence-corrected chi connectivity index (χ2v) is 22.1. The second-order valence-electron chi connectivity index (χ2n) is 22.1. The monoisotopic (exact) mass is 1050 g/mol. The van der Waals surface area contributed by atoms with Crippen molar-refractivity contribution in [2.75, 3.05) is 0 Å². The van der Waals surface area contributed by atoms with Gasteiger partial charge in [-0.15, -0.1) is 0 Å². The van der Waals surface area contributed by atoms with Gasteiger partial charge in [0.1, 0.15) is 0 Å². The molecule has 2 aromatic rings. The van der Waals surface area contributed by atoms with E-state index in [2.05, 4.69) is 30.8 Å². The molecule has 0 fully saturated rings. The van der Waals surface area contributed by atoms with Crippen LogP contribution < -0.4 is 11.5 Å². The number of carbonyl (C=O) groups excluding carboxylic acids is 3. The highest BCUT2D eigenvalue weighted by Gasteiger charge is 2.33. The number of primary amides is 2. The van der Waals surface area contributed by atoms with Crippen molar-refractivity contribution in [1.82, 2.24) is 4.98 Å². The van der Waals surface area contributed by atoms with Crippen LogP contribution in [0.15, 0.2) is 164 Å². The molecular formula is C66H99N3O7. The maximum absolute atomic E-state index is 12.3. The average Bonchev–Trinajstić information content (AvgIpc) is 3.37. The molecule has 1 aromatic carbocycles. The van der Waals surface area contributed by atoms with Gasteiger partial charge in [-0.25, -0.2) is 0 Å². The van der Waals surface area contributed by atoms with Gasteiger partial charge < -0.3 is 31.9 Å². The molecule has 0 bridgehead atoms. The van der Waals surface area contributed by atoms with E-state index < -0.39 is 24.4 Å². The van der Waals surface area contributed by atoms with Crippen LogP contribution in [0, 0.1) is 71.0 Å². The minimum atomic E-state index is -0.637. The van der Waals surface area contributed by atoms with Crippen molar-refractivity contribution in [3.63, 3.8) is 0 Å². The zero-order valence-corrected chi connectivity index (χ0v) is 48.3. The summed E-state index contributed by atoms with van der Waals surface area (Å²) in [6, 6.07) is 15.4. The summed E-state index contributed by atoms with van der Waals surface area (Å²) in [7, 11) is 0. The van der Waals surface area contributed by atoms with Crippen LogP contribution in [0.25, 0.3) is 0 Å². The highest BCUT2D eigenvalue weighted by Crippen LogP contribution is 2.35. The summed E-state index contributed by atoms with van der Waals surface area (Å²) < 4.78 is 0. The van der Waals surface area contributed by atoms with Gasteiger partial charge >= 0.3 is 0 Å². The zero-order valence-electron chi connectivity index (χ0n) is 48.3. The Morgan fingerprint density at radius 3 is 1.36 bits per heavy atom. The number of nitrogens with two attached hydrogens (primary N) is 2. The summed E-state index contributed by atoms with van der Waals surface area (Å²) in [6.45, 7) is 35.6. The average molecular weight is 1050 g/mol. The number of pyridine rings is 1. The van der Waals surface area contributed by atoms with Gasteiger partial charge in [-0.2, -0.15) is 0 Å². The summed E-state index contributed by atoms with van der Waals surface area (Å²) in [5.74, 6) is -1.39. The number of rotatable bonds is 34. The normalized spacial score (nSPS) is 18.9. The summed E-state index contributed by atoms with van der Waals surface area (Å²) in [5.41, 5.74) is 16.1. The van der Waals surface area contributed by atoms with Gasteiger partial charge in [-0.05, 0) is 103 Å². The fraction of sp³-hybridized carbons (Fsp3) is 0.515. The van der Waals surface area contributed by atoms with E-state index >= 15 is 0 Å². The second kappa shape index (κ2) is 36.5. The molecule has 0 aliphatic heterocycles. The van der Waals surface area contributed by atoms with Crippen molar-refractivity contribution >= 4 is 17.6 Å². The molecule has 16 atom stereocenters. The first-order valence-electron chi connectivity index (χ1n) is 27.5. The van der Waals surface area contributed by atoms with E-state index in [-0.39, 0.29) is 101 Å². The van der Waals surface area contributed by atoms with E-state index in [0.29, 0.717) is 25.7 Å². The van der Waals surface area contributed by atoms with Gasteiger partial charge in [0.15, 0.2) is 5.78 Å². The number of aromatic nitrogens is 1. The number of aliphatic hydroxyl groups excluding tert-OH is 4. The number of ketones is 1. The van der Waals surface area contributed by atoms with Crippen LogP contribution in [0.3, 0.4) is 0 Å². The topological polar surface area (TPSA) is 197 Å². The first-order valence-corrected chi connectivity index (χ1v) is 27.5. The molecule has 10 heteroatoms. The van der Waals surface area contributed by atoms with Gasteiger partial charge in [0, 0.05) is 61.2 Å². The molecule has 0 radical (unpaired) electrons. The van der Waals surface area contributed by atoms with Crippen molar-refractivity contribution in [3.05, 3.63) is 175 Å². The number of carbonyl (C=O) groups is 3. The van der Waals surface area contributed by atoms with E-state index in [0.717, 1.165) is 28.0 Å². The Labute approximate surface area is 459 Å². The van der Waals surface area contributed by atoms with Crippen LogP contribution in [0.5, 0.6) is 0 Å². The van der Waals surface area contributed by atoms with Crippen molar-refractivity contribution in [1.29, 1.82) is 0 Å². The molecule has 0 saturated heterocycles. The maximum atomic E-state index is 12.3. The summed E-state index contributed by atoms with van der Waals surface area (Å²) in [4.78, 5) is 40.1. The SMILES string of the molecule is C=C/C=C\C(C)C(CC(N)=O)C(C)C(O)C(C)C/C(C)=C\C(C)C(O)C(C)/C=C\C(=C)Cc1ccccn1.C=C/C=C\C(C)C(CC(N)=O)C(C)C(O)C(C)C/C(C)=C\C(C)C(O)C(C)/C=C\C(=O)Cc1ccccc1. The molecule has 0 aliphatic rings. The Balaban J connectivity index is 0.000000760. The van der Waals surface area contributed by atoms with Crippen LogP contribution in [0.1, 0.15) is 120 Å². The van der Waals surface area contributed by atoms with E-state index in [4.69, 9.17) is 11.5 Å². The van der Waals surface area contributed by atoms with Crippen LogP contribution >= 0.6 is 0 Å². The molecule has 2 rings (SSSR count). The molecule has 0 aliphatic carbocycles. The van der Waals surface area contributed by atoms with Crippen LogP contribution in [0.2, 0.25) is 0 Å². The molecular weight excluding hydrogens is 947 g/mol. The molecule has 10 nitrogen and oxygen atoms in total. The minimum absolute atomic E-state index is 0.00972. The number of aliphatic hydroxyl groups is 4. The third-order valence-corrected chi connectivity index (χ3v) is 15.0. The van der Waals surface area contributed by atoms with Crippen molar-refractivity contribution in [2.45, 2.75) is 146 Å².